The molecule has 24 heavy (non-hydrogen) atoms. The smallest absolute Gasteiger partial charge is 0.231 e. The average Bonchev–Trinajstić information content (AvgIpc) is 2.86. The Bertz CT molecular complexity index is 848. The quantitative estimate of drug-likeness (QED) is 0.527. The van der Waals surface area contributed by atoms with Crippen LogP contribution in [0.5, 0.6) is 11.5 Å². The van der Waals surface area contributed by atoms with Crippen molar-refractivity contribution in [2.45, 2.75) is 13.8 Å². The summed E-state index contributed by atoms with van der Waals surface area (Å²) in [6.07, 6.45) is 1.75. The molecule has 2 aromatic carbocycles. The van der Waals surface area contributed by atoms with Gasteiger partial charge in [0.2, 0.25) is 5.78 Å². The largest absolute Gasteiger partial charge is 0.489 e. The fourth-order valence-corrected chi connectivity index (χ4v) is 2.70. The lowest BCUT2D eigenvalue weighted by Crippen LogP contribution is -2.00. The molecular weight excluding hydrogens is 368 g/mol. The molecule has 0 bridgehead atoms. The van der Waals surface area contributed by atoms with Crippen molar-refractivity contribution < 1.29 is 14.3 Å². The van der Waals surface area contributed by atoms with Crippen LogP contribution in [0, 0.1) is 6.92 Å². The number of hydrogen-bond acceptors (Lipinski definition) is 3. The molecule has 0 saturated carbocycles. The number of allylic oxidation sites excluding steroid dienone is 1. The predicted molar refractivity (Wildman–Crippen MR) is 98.6 cm³/mol. The first-order valence-corrected chi connectivity index (χ1v) is 8.35. The van der Waals surface area contributed by atoms with Crippen LogP contribution in [0.1, 0.15) is 28.4 Å². The number of ketones is 1. The predicted octanol–water partition coefficient (Wildman–Crippen LogP) is 5.33. The molecule has 1 aliphatic rings. The van der Waals surface area contributed by atoms with E-state index in [0.717, 1.165) is 21.2 Å². The molecule has 0 unspecified atom stereocenters. The Hall–Kier alpha value is -2.33. The van der Waals surface area contributed by atoms with E-state index in [1.54, 1.807) is 18.2 Å². The average molecular weight is 385 g/mol. The third-order valence-corrected chi connectivity index (χ3v) is 4.21. The minimum atomic E-state index is -0.109. The number of carbonyl (C=O) groups excluding carboxylic acids is 1. The van der Waals surface area contributed by atoms with Crippen molar-refractivity contribution in [2.75, 3.05) is 6.61 Å². The zero-order chi connectivity index (χ0) is 17.3. The molecule has 0 aliphatic carbocycles. The van der Waals surface area contributed by atoms with Gasteiger partial charge < -0.3 is 9.47 Å². The highest BCUT2D eigenvalue weighted by Gasteiger charge is 2.30. The van der Waals surface area contributed by atoms with Crippen LogP contribution in [0.15, 0.2) is 58.8 Å². The lowest BCUT2D eigenvalue weighted by atomic mass is 10.1. The van der Waals surface area contributed by atoms with E-state index in [1.165, 1.54) is 0 Å². The van der Waals surface area contributed by atoms with Crippen LogP contribution in [0.4, 0.5) is 0 Å². The fraction of sp³-hybridized carbons (Fsp3) is 0.150. The Kier molecular flexibility index (Phi) is 4.58. The third kappa shape index (κ3) is 3.29. The maximum absolute atomic E-state index is 12.5. The zero-order valence-electron chi connectivity index (χ0n) is 13.6. The topological polar surface area (TPSA) is 35.5 Å². The van der Waals surface area contributed by atoms with Gasteiger partial charge in [-0.25, -0.2) is 0 Å². The second kappa shape index (κ2) is 6.65. The standard InChI is InChI=1S/C20H17BrO3/c1-12(2)11-23-17-9-8-16-19(22)18(24-20(16)13(17)3)10-14-4-6-15(21)7-5-14/h4-10H,1,11H2,2-3H3/b18-10-. The van der Waals surface area contributed by atoms with Crippen LogP contribution in [0.25, 0.3) is 6.08 Å². The van der Waals surface area contributed by atoms with E-state index >= 15 is 0 Å². The van der Waals surface area contributed by atoms with Crippen molar-refractivity contribution in [2.24, 2.45) is 0 Å². The summed E-state index contributed by atoms with van der Waals surface area (Å²) in [6.45, 7) is 8.06. The lowest BCUT2D eigenvalue weighted by molar-refractivity contribution is 0.101. The molecule has 0 spiro atoms. The van der Waals surface area contributed by atoms with Crippen molar-refractivity contribution in [1.29, 1.82) is 0 Å². The number of halogens is 1. The van der Waals surface area contributed by atoms with Crippen molar-refractivity contribution >= 4 is 27.8 Å². The normalized spacial score (nSPS) is 14.5. The molecule has 0 N–H and O–H groups in total. The van der Waals surface area contributed by atoms with E-state index < -0.39 is 0 Å². The summed E-state index contributed by atoms with van der Waals surface area (Å²) in [4.78, 5) is 12.5. The lowest BCUT2D eigenvalue weighted by Gasteiger charge is -2.11. The molecule has 1 heterocycles. The molecule has 2 aromatic rings. The highest BCUT2D eigenvalue weighted by molar-refractivity contribution is 9.10. The number of fused-ring (bicyclic) bond motifs is 1. The van der Waals surface area contributed by atoms with Crippen LogP contribution in [0.3, 0.4) is 0 Å². The van der Waals surface area contributed by atoms with Crippen LogP contribution < -0.4 is 9.47 Å². The van der Waals surface area contributed by atoms with Gasteiger partial charge in [0, 0.05) is 10.0 Å². The number of ether oxygens (including phenoxy) is 2. The Labute approximate surface area is 149 Å². The Morgan fingerprint density at radius 3 is 2.62 bits per heavy atom. The zero-order valence-corrected chi connectivity index (χ0v) is 15.1. The molecule has 0 aromatic heterocycles. The molecule has 4 heteroatoms. The SMILES string of the molecule is C=C(C)COc1ccc2c(c1C)O/C(=C\c1ccc(Br)cc1)C2=O. The summed E-state index contributed by atoms with van der Waals surface area (Å²) in [7, 11) is 0. The minimum Gasteiger partial charge on any atom is -0.489 e. The Morgan fingerprint density at radius 1 is 1.25 bits per heavy atom. The van der Waals surface area contributed by atoms with Gasteiger partial charge in [0.05, 0.1) is 5.56 Å². The van der Waals surface area contributed by atoms with Crippen LogP contribution in [-0.2, 0) is 0 Å². The first kappa shape index (κ1) is 16.5. The van der Waals surface area contributed by atoms with Gasteiger partial charge in [-0.15, -0.1) is 0 Å². The van der Waals surface area contributed by atoms with Gasteiger partial charge >= 0.3 is 0 Å². The molecule has 0 radical (unpaired) electrons. The number of benzene rings is 2. The summed E-state index contributed by atoms with van der Waals surface area (Å²) in [5.41, 5.74) is 3.23. The number of Topliss-reactive ketones (excluding diaryl/α,β-unsaturated/α-hetero) is 1. The number of rotatable bonds is 4. The number of carbonyl (C=O) groups is 1. The molecule has 0 amide bonds. The van der Waals surface area contributed by atoms with Gasteiger partial charge in [-0.05, 0) is 55.3 Å². The highest BCUT2D eigenvalue weighted by Crippen LogP contribution is 2.39. The van der Waals surface area contributed by atoms with E-state index in [1.807, 2.05) is 38.1 Å². The maximum atomic E-state index is 12.5. The molecule has 122 valence electrons. The Balaban J connectivity index is 1.90. The second-order valence-electron chi connectivity index (χ2n) is 5.80. The van der Waals surface area contributed by atoms with Crippen LogP contribution >= 0.6 is 15.9 Å². The minimum absolute atomic E-state index is 0.109. The molecule has 0 saturated heterocycles. The Morgan fingerprint density at radius 2 is 1.96 bits per heavy atom. The summed E-state index contributed by atoms with van der Waals surface area (Å²) in [5, 5.41) is 0. The molecule has 3 rings (SSSR count). The van der Waals surface area contributed by atoms with Gasteiger partial charge in [0.25, 0.3) is 0 Å². The van der Waals surface area contributed by atoms with Crippen molar-refractivity contribution in [3.05, 3.63) is 75.5 Å². The summed E-state index contributed by atoms with van der Waals surface area (Å²) < 4.78 is 12.5. The maximum Gasteiger partial charge on any atom is 0.231 e. The first-order valence-electron chi connectivity index (χ1n) is 7.56. The summed E-state index contributed by atoms with van der Waals surface area (Å²) >= 11 is 3.40. The molecule has 0 fully saturated rings. The summed E-state index contributed by atoms with van der Waals surface area (Å²) in [6, 6.07) is 11.2. The van der Waals surface area contributed by atoms with Crippen LogP contribution in [-0.4, -0.2) is 12.4 Å². The van der Waals surface area contributed by atoms with Gasteiger partial charge in [-0.2, -0.15) is 0 Å². The van der Waals surface area contributed by atoms with Gasteiger partial charge in [0.1, 0.15) is 18.1 Å². The summed E-state index contributed by atoms with van der Waals surface area (Å²) in [5.74, 6) is 1.49. The van der Waals surface area contributed by atoms with Crippen molar-refractivity contribution in [3.63, 3.8) is 0 Å². The monoisotopic (exact) mass is 384 g/mol. The highest BCUT2D eigenvalue weighted by atomic mass is 79.9. The van der Waals surface area contributed by atoms with E-state index in [0.29, 0.717) is 29.4 Å². The van der Waals surface area contributed by atoms with E-state index in [-0.39, 0.29) is 5.78 Å². The van der Waals surface area contributed by atoms with Crippen molar-refractivity contribution in [3.8, 4) is 11.5 Å². The van der Waals surface area contributed by atoms with Crippen LogP contribution in [0.2, 0.25) is 0 Å². The van der Waals surface area contributed by atoms with Gasteiger partial charge in [0.15, 0.2) is 5.76 Å². The molecular formula is C20H17BrO3. The van der Waals surface area contributed by atoms with Gasteiger partial charge in [-0.3, -0.25) is 4.79 Å². The third-order valence-electron chi connectivity index (χ3n) is 3.68. The molecule has 3 nitrogen and oxygen atoms in total. The molecule has 0 atom stereocenters. The fourth-order valence-electron chi connectivity index (χ4n) is 2.44. The van der Waals surface area contributed by atoms with E-state index in [9.17, 15) is 4.79 Å². The molecule has 1 aliphatic heterocycles. The second-order valence-corrected chi connectivity index (χ2v) is 6.72. The van der Waals surface area contributed by atoms with Crippen molar-refractivity contribution in [1.82, 2.24) is 0 Å². The van der Waals surface area contributed by atoms with E-state index in [2.05, 4.69) is 22.5 Å². The first-order chi connectivity index (χ1) is 11.5. The number of hydrogen-bond donors (Lipinski definition) is 0. The van der Waals surface area contributed by atoms with E-state index in [4.69, 9.17) is 9.47 Å². The van der Waals surface area contributed by atoms with Gasteiger partial charge in [-0.1, -0.05) is 34.6 Å².